The lowest BCUT2D eigenvalue weighted by atomic mass is 10.1. The molecule has 3 rings (SSSR count). The number of carbonyl (C=O) groups excluding carboxylic acids is 2. The van der Waals surface area contributed by atoms with Gasteiger partial charge in [-0.15, -0.1) is 0 Å². The van der Waals surface area contributed by atoms with Crippen LogP contribution in [0.4, 0.5) is 10.1 Å². The summed E-state index contributed by atoms with van der Waals surface area (Å²) in [6.07, 6.45) is 0. The molecule has 0 aliphatic carbocycles. The second kappa shape index (κ2) is 8.91. The summed E-state index contributed by atoms with van der Waals surface area (Å²) in [5.41, 5.74) is 1.60. The van der Waals surface area contributed by atoms with Gasteiger partial charge in [0.15, 0.2) is 0 Å². The molecule has 1 aliphatic heterocycles. The van der Waals surface area contributed by atoms with Crippen LogP contribution >= 0.6 is 0 Å². The van der Waals surface area contributed by atoms with E-state index in [9.17, 15) is 14.0 Å². The molecule has 1 N–H and O–H groups in total. The maximum atomic E-state index is 13.5. The van der Waals surface area contributed by atoms with Crippen molar-refractivity contribution in [3.8, 4) is 11.5 Å². The number of halogens is 1. The molecule has 0 unspecified atom stereocenters. The average Bonchev–Trinajstić information content (AvgIpc) is 2.72. The van der Waals surface area contributed by atoms with Crippen molar-refractivity contribution in [1.82, 2.24) is 4.90 Å². The third-order valence-electron chi connectivity index (χ3n) is 4.76. The molecular weight excluding hydrogens is 379 g/mol. The van der Waals surface area contributed by atoms with Gasteiger partial charge < -0.3 is 24.4 Å². The van der Waals surface area contributed by atoms with Gasteiger partial charge in [-0.25, -0.2) is 4.39 Å². The Kier molecular flexibility index (Phi) is 6.33. The lowest BCUT2D eigenvalue weighted by molar-refractivity contribution is -0.154. The molecule has 1 saturated heterocycles. The van der Waals surface area contributed by atoms with Crippen molar-refractivity contribution < 1.29 is 28.2 Å². The topological polar surface area (TPSA) is 77.1 Å². The molecule has 0 bridgehead atoms. The van der Waals surface area contributed by atoms with Crippen molar-refractivity contribution in [3.05, 3.63) is 53.3 Å². The molecule has 154 valence electrons. The molecule has 1 heterocycles. The first-order valence-electron chi connectivity index (χ1n) is 9.08. The van der Waals surface area contributed by atoms with Crippen LogP contribution in [-0.2, 0) is 20.9 Å². The highest BCUT2D eigenvalue weighted by Crippen LogP contribution is 2.27. The van der Waals surface area contributed by atoms with Crippen LogP contribution in [0.1, 0.15) is 11.1 Å². The molecule has 1 fully saturated rings. The summed E-state index contributed by atoms with van der Waals surface area (Å²) in [5.74, 6) is 0.116. The van der Waals surface area contributed by atoms with Gasteiger partial charge in [0.2, 0.25) is 11.8 Å². The fraction of sp³-hybridized carbons (Fsp3) is 0.333. The van der Waals surface area contributed by atoms with Crippen LogP contribution in [0.3, 0.4) is 0 Å². The molecule has 7 nitrogen and oxygen atoms in total. The SMILES string of the molecule is COc1ccc(CN2C(=O)COC[C@H]2C(=O)Nc2ccc(F)c(C)c2)c(OC)c1. The molecule has 0 aromatic heterocycles. The minimum atomic E-state index is -0.826. The number of hydrogen-bond donors (Lipinski definition) is 1. The van der Waals surface area contributed by atoms with Crippen LogP contribution in [0, 0.1) is 12.7 Å². The number of methoxy groups -OCH3 is 2. The van der Waals surface area contributed by atoms with E-state index < -0.39 is 11.9 Å². The van der Waals surface area contributed by atoms with E-state index in [0.29, 0.717) is 22.7 Å². The first kappa shape index (κ1) is 20.6. The fourth-order valence-corrected chi connectivity index (χ4v) is 3.13. The normalized spacial score (nSPS) is 16.5. The molecular formula is C21H23FN2O5. The Balaban J connectivity index is 1.81. The van der Waals surface area contributed by atoms with Gasteiger partial charge in [-0.3, -0.25) is 9.59 Å². The predicted octanol–water partition coefficient (Wildman–Crippen LogP) is 2.52. The number of rotatable bonds is 6. The number of nitrogens with one attached hydrogen (secondary N) is 1. The van der Waals surface area contributed by atoms with Crippen LogP contribution < -0.4 is 14.8 Å². The molecule has 2 aromatic rings. The van der Waals surface area contributed by atoms with Gasteiger partial charge >= 0.3 is 0 Å². The summed E-state index contributed by atoms with van der Waals surface area (Å²) < 4.78 is 29.3. The number of carbonyl (C=O) groups is 2. The molecule has 2 aromatic carbocycles. The first-order chi connectivity index (χ1) is 13.9. The number of ether oxygens (including phenoxy) is 3. The van der Waals surface area contributed by atoms with Gasteiger partial charge in [0.1, 0.15) is 30.0 Å². The maximum Gasteiger partial charge on any atom is 0.249 e. The van der Waals surface area contributed by atoms with E-state index >= 15 is 0 Å². The summed E-state index contributed by atoms with van der Waals surface area (Å²) in [4.78, 5) is 26.8. The number of morpholine rings is 1. The zero-order valence-electron chi connectivity index (χ0n) is 16.5. The number of amides is 2. The Morgan fingerprint density at radius 3 is 2.72 bits per heavy atom. The molecule has 0 radical (unpaired) electrons. The van der Waals surface area contributed by atoms with E-state index in [1.165, 1.54) is 30.2 Å². The largest absolute Gasteiger partial charge is 0.497 e. The average molecular weight is 402 g/mol. The summed E-state index contributed by atoms with van der Waals surface area (Å²) in [5, 5.41) is 2.73. The van der Waals surface area contributed by atoms with E-state index in [4.69, 9.17) is 14.2 Å². The Labute approximate surface area is 168 Å². The molecule has 8 heteroatoms. The van der Waals surface area contributed by atoms with E-state index in [1.807, 2.05) is 0 Å². The lowest BCUT2D eigenvalue weighted by Gasteiger charge is -2.34. The van der Waals surface area contributed by atoms with Crippen LogP contribution in [0.15, 0.2) is 36.4 Å². The number of anilines is 1. The monoisotopic (exact) mass is 402 g/mol. The summed E-state index contributed by atoms with van der Waals surface area (Å²) in [6.45, 7) is 1.75. The Morgan fingerprint density at radius 2 is 2.03 bits per heavy atom. The second-order valence-corrected chi connectivity index (χ2v) is 6.68. The number of benzene rings is 2. The van der Waals surface area contributed by atoms with E-state index in [2.05, 4.69) is 5.32 Å². The highest BCUT2D eigenvalue weighted by atomic mass is 19.1. The van der Waals surface area contributed by atoms with Gasteiger partial charge in [-0.05, 0) is 42.8 Å². The van der Waals surface area contributed by atoms with E-state index in [1.54, 1.807) is 32.2 Å². The van der Waals surface area contributed by atoms with E-state index in [0.717, 1.165) is 5.56 Å². The Bertz CT molecular complexity index is 918. The van der Waals surface area contributed by atoms with Crippen molar-refractivity contribution in [2.75, 3.05) is 32.8 Å². The van der Waals surface area contributed by atoms with Crippen LogP contribution in [0.2, 0.25) is 0 Å². The highest BCUT2D eigenvalue weighted by molar-refractivity contribution is 5.98. The van der Waals surface area contributed by atoms with Crippen molar-refractivity contribution in [1.29, 1.82) is 0 Å². The predicted molar refractivity (Wildman–Crippen MR) is 104 cm³/mol. The number of hydrogen-bond acceptors (Lipinski definition) is 5. The molecule has 29 heavy (non-hydrogen) atoms. The van der Waals surface area contributed by atoms with Gasteiger partial charge in [0, 0.05) is 17.3 Å². The maximum absolute atomic E-state index is 13.5. The molecule has 1 atom stereocenters. The quantitative estimate of drug-likeness (QED) is 0.804. The lowest BCUT2D eigenvalue weighted by Crippen LogP contribution is -2.54. The number of nitrogens with zero attached hydrogens (tertiary/aromatic N) is 1. The minimum Gasteiger partial charge on any atom is -0.497 e. The van der Waals surface area contributed by atoms with Gasteiger partial charge in [-0.2, -0.15) is 0 Å². The highest BCUT2D eigenvalue weighted by Gasteiger charge is 2.34. The van der Waals surface area contributed by atoms with Crippen LogP contribution in [-0.4, -0.2) is 50.2 Å². The number of aryl methyl sites for hydroxylation is 1. The fourth-order valence-electron chi connectivity index (χ4n) is 3.13. The Hall–Kier alpha value is -3.13. The third kappa shape index (κ3) is 4.65. The van der Waals surface area contributed by atoms with Crippen LogP contribution in [0.25, 0.3) is 0 Å². The summed E-state index contributed by atoms with van der Waals surface area (Å²) in [6, 6.07) is 8.74. The Morgan fingerprint density at radius 1 is 1.24 bits per heavy atom. The summed E-state index contributed by atoms with van der Waals surface area (Å²) >= 11 is 0. The zero-order chi connectivity index (χ0) is 21.0. The van der Waals surface area contributed by atoms with Gasteiger partial charge in [0.25, 0.3) is 0 Å². The van der Waals surface area contributed by atoms with Crippen LogP contribution in [0.5, 0.6) is 11.5 Å². The molecule has 2 amide bonds. The van der Waals surface area contributed by atoms with Crippen molar-refractivity contribution >= 4 is 17.5 Å². The van der Waals surface area contributed by atoms with Gasteiger partial charge in [0.05, 0.1) is 27.4 Å². The zero-order valence-corrected chi connectivity index (χ0v) is 16.5. The molecule has 0 saturated carbocycles. The minimum absolute atomic E-state index is 0.0657. The van der Waals surface area contributed by atoms with Crippen molar-refractivity contribution in [2.45, 2.75) is 19.5 Å². The second-order valence-electron chi connectivity index (χ2n) is 6.68. The molecule has 0 spiro atoms. The van der Waals surface area contributed by atoms with E-state index in [-0.39, 0.29) is 31.5 Å². The first-order valence-corrected chi connectivity index (χ1v) is 9.08. The van der Waals surface area contributed by atoms with Crippen molar-refractivity contribution in [2.24, 2.45) is 0 Å². The van der Waals surface area contributed by atoms with Crippen molar-refractivity contribution in [3.63, 3.8) is 0 Å². The molecule has 1 aliphatic rings. The van der Waals surface area contributed by atoms with Gasteiger partial charge in [-0.1, -0.05) is 0 Å². The smallest absolute Gasteiger partial charge is 0.249 e. The summed E-state index contributed by atoms with van der Waals surface area (Å²) in [7, 11) is 3.08. The standard InChI is InChI=1S/C21H23FN2O5/c1-13-8-15(5-7-17(13)22)23-21(26)18-11-29-12-20(25)24(18)10-14-4-6-16(27-2)9-19(14)28-3/h4-9,18H,10-12H2,1-3H3,(H,23,26)/t18-/m0/s1. The third-order valence-corrected chi connectivity index (χ3v) is 4.76.